The van der Waals surface area contributed by atoms with E-state index in [1.807, 2.05) is 0 Å². The number of aromatic nitrogens is 1. The standard InChI is InChI=1S/C25H25N5O6/c26-18-3-1-2-4-19(18)29-24(33)20-7-5-16(14-27-20)15-30(10-9-23(31)32)25(34)28-17-6-8-21-22(13-17)36-12-11-35-21/h1-8,13-14H,9-12,15,26H2,(H,28,34)(H,29,33)(H,31,32). The SMILES string of the molecule is Nc1ccccc1NC(=O)c1ccc(CN(CCC(=O)O)C(=O)Nc2ccc3c(c2)OCCO3)cn1. The lowest BCUT2D eigenvalue weighted by Gasteiger charge is -2.23. The minimum Gasteiger partial charge on any atom is -0.486 e. The molecule has 1 aliphatic rings. The van der Waals surface area contributed by atoms with Crippen molar-refractivity contribution in [2.75, 3.05) is 36.1 Å². The van der Waals surface area contributed by atoms with E-state index in [1.165, 1.54) is 17.2 Å². The molecule has 1 aromatic heterocycles. The van der Waals surface area contributed by atoms with Crippen LogP contribution in [0.1, 0.15) is 22.5 Å². The molecule has 0 spiro atoms. The minimum absolute atomic E-state index is 0.0265. The Bertz CT molecular complexity index is 1260. The van der Waals surface area contributed by atoms with Crippen LogP contribution in [0, 0.1) is 0 Å². The molecule has 4 rings (SSSR count). The number of aliphatic carboxylic acids is 1. The molecule has 36 heavy (non-hydrogen) atoms. The fourth-order valence-electron chi connectivity index (χ4n) is 3.48. The van der Waals surface area contributed by atoms with E-state index in [0.717, 1.165) is 0 Å². The Morgan fingerprint density at radius 3 is 2.50 bits per heavy atom. The molecule has 11 heteroatoms. The van der Waals surface area contributed by atoms with Crippen LogP contribution < -0.4 is 25.8 Å². The van der Waals surface area contributed by atoms with Crippen molar-refractivity contribution in [1.82, 2.24) is 9.88 Å². The number of nitrogen functional groups attached to an aromatic ring is 1. The lowest BCUT2D eigenvalue weighted by Crippen LogP contribution is -2.36. The number of pyridine rings is 1. The molecule has 186 valence electrons. The highest BCUT2D eigenvalue weighted by Crippen LogP contribution is 2.32. The smallest absolute Gasteiger partial charge is 0.322 e. The second-order valence-corrected chi connectivity index (χ2v) is 7.95. The Labute approximate surface area is 206 Å². The number of hydrogen-bond donors (Lipinski definition) is 4. The van der Waals surface area contributed by atoms with Crippen LogP contribution in [0.5, 0.6) is 11.5 Å². The number of urea groups is 1. The summed E-state index contributed by atoms with van der Waals surface area (Å²) in [5.74, 6) is -0.352. The zero-order chi connectivity index (χ0) is 25.5. The monoisotopic (exact) mass is 491 g/mol. The molecule has 2 aromatic carbocycles. The maximum Gasteiger partial charge on any atom is 0.322 e. The number of carbonyl (C=O) groups excluding carboxylic acids is 2. The molecule has 1 aliphatic heterocycles. The molecule has 0 radical (unpaired) electrons. The molecular formula is C25H25N5O6. The van der Waals surface area contributed by atoms with Crippen LogP contribution in [0.4, 0.5) is 21.9 Å². The third kappa shape index (κ3) is 6.20. The van der Waals surface area contributed by atoms with Crippen LogP contribution in [0.25, 0.3) is 0 Å². The fourth-order valence-corrected chi connectivity index (χ4v) is 3.48. The molecule has 0 fully saturated rings. The molecule has 5 N–H and O–H groups in total. The summed E-state index contributed by atoms with van der Waals surface area (Å²) in [6.07, 6.45) is 1.23. The first-order valence-corrected chi connectivity index (χ1v) is 11.2. The van der Waals surface area contributed by atoms with Crippen LogP contribution in [0.3, 0.4) is 0 Å². The molecule has 0 saturated heterocycles. The highest BCUT2D eigenvalue weighted by atomic mass is 16.6. The maximum atomic E-state index is 13.0. The van der Waals surface area contributed by atoms with E-state index in [4.69, 9.17) is 20.3 Å². The summed E-state index contributed by atoms with van der Waals surface area (Å²) in [4.78, 5) is 42.1. The number of rotatable bonds is 8. The van der Waals surface area contributed by atoms with E-state index >= 15 is 0 Å². The van der Waals surface area contributed by atoms with Crippen molar-refractivity contribution in [3.8, 4) is 11.5 Å². The van der Waals surface area contributed by atoms with Crippen molar-refractivity contribution in [1.29, 1.82) is 0 Å². The van der Waals surface area contributed by atoms with Crippen LogP contribution in [0.2, 0.25) is 0 Å². The van der Waals surface area contributed by atoms with E-state index in [2.05, 4.69) is 15.6 Å². The van der Waals surface area contributed by atoms with E-state index in [-0.39, 0.29) is 25.2 Å². The van der Waals surface area contributed by atoms with Gasteiger partial charge in [0.05, 0.1) is 17.8 Å². The number of carboxylic acid groups (broad SMARTS) is 1. The molecule has 3 amide bonds. The molecule has 3 aromatic rings. The van der Waals surface area contributed by atoms with Gasteiger partial charge in [0.25, 0.3) is 5.91 Å². The van der Waals surface area contributed by atoms with Crippen molar-refractivity contribution in [3.05, 3.63) is 72.1 Å². The second-order valence-electron chi connectivity index (χ2n) is 7.95. The Kier molecular flexibility index (Phi) is 7.49. The molecule has 0 saturated carbocycles. The number of nitrogens with one attached hydrogen (secondary N) is 2. The van der Waals surface area contributed by atoms with Gasteiger partial charge in [-0.05, 0) is 35.9 Å². The lowest BCUT2D eigenvalue weighted by molar-refractivity contribution is -0.137. The maximum absolute atomic E-state index is 13.0. The predicted molar refractivity (Wildman–Crippen MR) is 132 cm³/mol. The van der Waals surface area contributed by atoms with E-state index in [0.29, 0.717) is 47.3 Å². The summed E-state index contributed by atoms with van der Waals surface area (Å²) >= 11 is 0. The Morgan fingerprint density at radius 1 is 1.00 bits per heavy atom. The summed E-state index contributed by atoms with van der Waals surface area (Å²) in [6, 6.07) is 14.6. The van der Waals surface area contributed by atoms with Gasteiger partial charge in [0.15, 0.2) is 11.5 Å². The molecular weight excluding hydrogens is 466 g/mol. The van der Waals surface area contributed by atoms with Gasteiger partial charge in [-0.1, -0.05) is 18.2 Å². The number of anilines is 3. The zero-order valence-electron chi connectivity index (χ0n) is 19.3. The molecule has 0 atom stereocenters. The summed E-state index contributed by atoms with van der Waals surface area (Å²) in [5.41, 5.74) is 8.03. The minimum atomic E-state index is -1.03. The highest BCUT2D eigenvalue weighted by molar-refractivity contribution is 6.04. The van der Waals surface area contributed by atoms with Gasteiger partial charge in [0.2, 0.25) is 0 Å². The number of amides is 3. The number of ether oxygens (including phenoxy) is 2. The highest BCUT2D eigenvalue weighted by Gasteiger charge is 2.18. The van der Waals surface area contributed by atoms with Crippen LogP contribution in [0.15, 0.2) is 60.8 Å². The number of nitrogens with two attached hydrogens (primary N) is 1. The first kappa shape index (κ1) is 24.3. The lowest BCUT2D eigenvalue weighted by atomic mass is 10.2. The first-order chi connectivity index (χ1) is 17.4. The van der Waals surface area contributed by atoms with Crippen molar-refractivity contribution >= 4 is 35.0 Å². The van der Waals surface area contributed by atoms with Crippen LogP contribution in [-0.4, -0.2) is 52.7 Å². The summed E-state index contributed by atoms with van der Waals surface area (Å²) in [7, 11) is 0. The van der Waals surface area contributed by atoms with E-state index in [1.54, 1.807) is 48.5 Å². The van der Waals surface area contributed by atoms with Crippen molar-refractivity contribution in [3.63, 3.8) is 0 Å². The van der Waals surface area contributed by atoms with Crippen molar-refractivity contribution in [2.24, 2.45) is 0 Å². The summed E-state index contributed by atoms with van der Waals surface area (Å²) in [5, 5.41) is 14.6. The van der Waals surface area contributed by atoms with Gasteiger partial charge in [-0.3, -0.25) is 14.6 Å². The van der Waals surface area contributed by atoms with Gasteiger partial charge in [0.1, 0.15) is 18.9 Å². The number of hydrogen-bond acceptors (Lipinski definition) is 7. The van der Waals surface area contributed by atoms with Crippen LogP contribution in [-0.2, 0) is 11.3 Å². The third-order valence-corrected chi connectivity index (χ3v) is 5.32. The number of para-hydroxylation sites is 2. The number of fused-ring (bicyclic) bond motifs is 1. The van der Waals surface area contributed by atoms with E-state index < -0.39 is 17.9 Å². The molecule has 0 aliphatic carbocycles. The zero-order valence-corrected chi connectivity index (χ0v) is 19.3. The Morgan fingerprint density at radius 2 is 1.78 bits per heavy atom. The first-order valence-electron chi connectivity index (χ1n) is 11.2. The second kappa shape index (κ2) is 11.1. The van der Waals surface area contributed by atoms with E-state index in [9.17, 15) is 14.4 Å². The van der Waals surface area contributed by atoms with Gasteiger partial charge in [0, 0.05) is 31.0 Å². The predicted octanol–water partition coefficient (Wildman–Crippen LogP) is 3.20. The summed E-state index contributed by atoms with van der Waals surface area (Å²) in [6.45, 7) is 0.927. The number of carbonyl (C=O) groups is 3. The van der Waals surface area contributed by atoms with Gasteiger partial charge in [-0.2, -0.15) is 0 Å². The molecule has 2 heterocycles. The number of carboxylic acids is 1. The van der Waals surface area contributed by atoms with Gasteiger partial charge in [-0.15, -0.1) is 0 Å². The average Bonchev–Trinajstić information content (AvgIpc) is 2.88. The van der Waals surface area contributed by atoms with Crippen molar-refractivity contribution < 1.29 is 29.0 Å². The van der Waals surface area contributed by atoms with Gasteiger partial charge >= 0.3 is 12.0 Å². The fraction of sp³-hybridized carbons (Fsp3) is 0.200. The molecule has 0 bridgehead atoms. The van der Waals surface area contributed by atoms with Crippen molar-refractivity contribution in [2.45, 2.75) is 13.0 Å². The Hall–Kier alpha value is -4.80. The normalized spacial score (nSPS) is 11.9. The average molecular weight is 492 g/mol. The topological polar surface area (TPSA) is 156 Å². The number of benzene rings is 2. The third-order valence-electron chi connectivity index (χ3n) is 5.32. The van der Waals surface area contributed by atoms with Gasteiger partial charge in [-0.25, -0.2) is 4.79 Å². The van der Waals surface area contributed by atoms with Gasteiger partial charge < -0.3 is 35.8 Å². The summed E-state index contributed by atoms with van der Waals surface area (Å²) < 4.78 is 11.0. The molecule has 11 nitrogen and oxygen atoms in total. The quantitative estimate of drug-likeness (QED) is 0.350. The Balaban J connectivity index is 1.43. The largest absolute Gasteiger partial charge is 0.486 e. The molecule has 0 unspecified atom stereocenters. The van der Waals surface area contributed by atoms with Crippen LogP contribution >= 0.6 is 0 Å². The number of nitrogens with zero attached hydrogens (tertiary/aromatic N) is 2.